The molecule has 0 atom stereocenters. The molecule has 0 spiro atoms. The van der Waals surface area contributed by atoms with Crippen LogP contribution in [0.15, 0.2) is 60.8 Å². The molecule has 0 unspecified atom stereocenters. The topological polar surface area (TPSA) is 90.5 Å². The molecular weight excluding hydrogens is 432 g/mol. The van der Waals surface area contributed by atoms with Crippen molar-refractivity contribution in [2.24, 2.45) is 0 Å². The number of ketones is 1. The molecule has 0 radical (unpaired) electrons. The van der Waals surface area contributed by atoms with E-state index in [0.29, 0.717) is 23.2 Å². The molecule has 1 aliphatic carbocycles. The van der Waals surface area contributed by atoms with Crippen molar-refractivity contribution in [2.75, 3.05) is 13.4 Å². The van der Waals surface area contributed by atoms with Crippen LogP contribution < -0.4 is 9.47 Å². The van der Waals surface area contributed by atoms with Gasteiger partial charge in [0.1, 0.15) is 0 Å². The van der Waals surface area contributed by atoms with Gasteiger partial charge in [-0.2, -0.15) is 0 Å². The third kappa shape index (κ3) is 3.51. The Hall–Kier alpha value is -4.39. The molecule has 7 heteroatoms. The number of aromatic nitrogens is 2. The first-order valence-corrected chi connectivity index (χ1v) is 11.0. The number of ether oxygens (including phenoxy) is 3. The second-order valence-corrected chi connectivity index (χ2v) is 8.20. The minimum absolute atomic E-state index is 0.226. The van der Waals surface area contributed by atoms with Gasteiger partial charge in [-0.1, -0.05) is 24.3 Å². The van der Waals surface area contributed by atoms with Crippen molar-refractivity contribution in [2.45, 2.75) is 12.8 Å². The van der Waals surface area contributed by atoms with Gasteiger partial charge in [-0.15, -0.1) is 0 Å². The number of benzene rings is 2. The Morgan fingerprint density at radius 2 is 1.91 bits per heavy atom. The summed E-state index contributed by atoms with van der Waals surface area (Å²) in [5.74, 6) is 0.655. The van der Waals surface area contributed by atoms with Crippen LogP contribution >= 0.6 is 0 Å². The Morgan fingerprint density at radius 3 is 2.79 bits per heavy atom. The number of hydrogen-bond donors (Lipinski definition) is 1. The Morgan fingerprint density at radius 1 is 1.03 bits per heavy atom. The molecule has 3 heterocycles. The van der Waals surface area contributed by atoms with Crippen LogP contribution in [0.4, 0.5) is 0 Å². The van der Waals surface area contributed by atoms with Crippen LogP contribution in [-0.4, -0.2) is 35.1 Å². The zero-order valence-corrected chi connectivity index (χ0v) is 18.2. The summed E-state index contributed by atoms with van der Waals surface area (Å²) in [6, 6.07) is 16.7. The van der Waals surface area contributed by atoms with Gasteiger partial charge in [0, 0.05) is 11.6 Å². The molecule has 7 nitrogen and oxygen atoms in total. The maximum absolute atomic E-state index is 13.2. The molecule has 1 N–H and O–H groups in total. The standard InChI is InChI=1S/C27H20N2O5/c30-22(21-6-3-11-28-21)14-32-27(31)25-18-4-1-2-5-20(18)29-26-17(8-9-19(25)26)12-16-7-10-23-24(13-16)34-15-33-23/h1-7,10-13,28H,8-9,14-15H2. The Bertz CT molecular complexity index is 1470. The van der Waals surface area contributed by atoms with E-state index in [4.69, 9.17) is 19.2 Å². The van der Waals surface area contributed by atoms with E-state index in [0.717, 1.165) is 45.7 Å². The summed E-state index contributed by atoms with van der Waals surface area (Å²) in [7, 11) is 0. The Balaban J connectivity index is 1.37. The fraction of sp³-hybridized carbons (Fsp3) is 0.148. The highest BCUT2D eigenvalue weighted by Gasteiger charge is 2.28. The molecule has 0 saturated carbocycles. The number of para-hydroxylation sites is 1. The fourth-order valence-corrected chi connectivity index (χ4v) is 4.50. The number of esters is 1. The van der Waals surface area contributed by atoms with Gasteiger partial charge in [0.25, 0.3) is 0 Å². The molecule has 0 fully saturated rings. The van der Waals surface area contributed by atoms with Gasteiger partial charge in [0.2, 0.25) is 12.6 Å². The highest BCUT2D eigenvalue weighted by Crippen LogP contribution is 2.39. The SMILES string of the molecule is O=C(COC(=O)c1c2c(nc3ccccc13)C(=Cc1ccc3c(c1)OCO3)CC2)c1ccc[nH]1. The summed E-state index contributed by atoms with van der Waals surface area (Å²) >= 11 is 0. The molecule has 168 valence electrons. The maximum Gasteiger partial charge on any atom is 0.339 e. The number of allylic oxidation sites excluding steroid dienone is 1. The molecule has 4 aromatic rings. The van der Waals surface area contributed by atoms with Gasteiger partial charge in [-0.3, -0.25) is 4.79 Å². The lowest BCUT2D eigenvalue weighted by Gasteiger charge is -2.12. The minimum Gasteiger partial charge on any atom is -0.454 e. The van der Waals surface area contributed by atoms with Crippen LogP contribution in [0.5, 0.6) is 11.5 Å². The number of nitrogens with zero attached hydrogens (tertiary/aromatic N) is 1. The predicted octanol–water partition coefficient (Wildman–Crippen LogP) is 4.82. The van der Waals surface area contributed by atoms with Crippen molar-refractivity contribution in [3.63, 3.8) is 0 Å². The number of carbonyl (C=O) groups is 2. The second kappa shape index (κ2) is 8.19. The molecule has 6 rings (SSSR count). The lowest BCUT2D eigenvalue weighted by molar-refractivity contribution is 0.0474. The molecule has 0 saturated heterocycles. The van der Waals surface area contributed by atoms with E-state index in [-0.39, 0.29) is 19.2 Å². The number of aromatic amines is 1. The normalized spacial score (nSPS) is 15.0. The average Bonchev–Trinajstić information content (AvgIpc) is 3.62. The third-order valence-corrected chi connectivity index (χ3v) is 6.12. The molecule has 2 aliphatic rings. The largest absolute Gasteiger partial charge is 0.454 e. The van der Waals surface area contributed by atoms with Crippen molar-refractivity contribution in [3.05, 3.63) is 88.9 Å². The van der Waals surface area contributed by atoms with E-state index in [9.17, 15) is 9.59 Å². The monoisotopic (exact) mass is 452 g/mol. The number of hydrogen-bond acceptors (Lipinski definition) is 6. The molecule has 2 aromatic heterocycles. The van der Waals surface area contributed by atoms with Crippen LogP contribution in [-0.2, 0) is 11.2 Å². The number of fused-ring (bicyclic) bond motifs is 3. The first-order valence-electron chi connectivity index (χ1n) is 11.0. The minimum atomic E-state index is -0.515. The van der Waals surface area contributed by atoms with E-state index < -0.39 is 5.97 Å². The molecule has 1 aliphatic heterocycles. The van der Waals surface area contributed by atoms with Crippen LogP contribution in [0.1, 0.15) is 44.1 Å². The predicted molar refractivity (Wildman–Crippen MR) is 126 cm³/mol. The van der Waals surface area contributed by atoms with Crippen molar-refractivity contribution in [1.82, 2.24) is 9.97 Å². The lowest BCUT2D eigenvalue weighted by Crippen LogP contribution is -2.16. The van der Waals surface area contributed by atoms with Gasteiger partial charge in [0.05, 0.1) is 22.5 Å². The van der Waals surface area contributed by atoms with E-state index in [1.54, 1.807) is 18.3 Å². The van der Waals surface area contributed by atoms with Gasteiger partial charge < -0.3 is 19.2 Å². The van der Waals surface area contributed by atoms with E-state index in [1.807, 2.05) is 42.5 Å². The van der Waals surface area contributed by atoms with Crippen LogP contribution in [0, 0.1) is 0 Å². The summed E-state index contributed by atoms with van der Waals surface area (Å²) in [6.45, 7) is -0.103. The maximum atomic E-state index is 13.2. The summed E-state index contributed by atoms with van der Waals surface area (Å²) in [4.78, 5) is 33.3. The smallest absolute Gasteiger partial charge is 0.339 e. The number of Topliss-reactive ketones (excluding diaryl/α,β-unsaturated/α-hetero) is 1. The van der Waals surface area contributed by atoms with Crippen molar-refractivity contribution in [1.29, 1.82) is 0 Å². The highest BCUT2D eigenvalue weighted by atomic mass is 16.7. The highest BCUT2D eigenvalue weighted by molar-refractivity contribution is 6.08. The van der Waals surface area contributed by atoms with Crippen LogP contribution in [0.2, 0.25) is 0 Å². The zero-order valence-electron chi connectivity index (χ0n) is 18.2. The summed E-state index contributed by atoms with van der Waals surface area (Å²) in [5, 5.41) is 0.725. The van der Waals surface area contributed by atoms with Crippen LogP contribution in [0.3, 0.4) is 0 Å². The first kappa shape index (κ1) is 20.2. The molecule has 0 bridgehead atoms. The number of nitrogens with one attached hydrogen (secondary N) is 1. The number of rotatable bonds is 5. The van der Waals surface area contributed by atoms with Gasteiger partial charge in [0.15, 0.2) is 18.1 Å². The quantitative estimate of drug-likeness (QED) is 0.345. The fourth-order valence-electron chi connectivity index (χ4n) is 4.50. The van der Waals surface area contributed by atoms with Gasteiger partial charge in [-0.25, -0.2) is 9.78 Å². The van der Waals surface area contributed by atoms with Gasteiger partial charge in [-0.05, 0) is 65.9 Å². The summed E-state index contributed by atoms with van der Waals surface area (Å²) in [5.41, 5.74) is 5.25. The Kier molecular flexibility index (Phi) is 4.87. The third-order valence-electron chi connectivity index (χ3n) is 6.12. The van der Waals surface area contributed by atoms with E-state index >= 15 is 0 Å². The van der Waals surface area contributed by atoms with Gasteiger partial charge >= 0.3 is 5.97 Å². The molecular formula is C27H20N2O5. The van der Waals surface area contributed by atoms with E-state index in [1.165, 1.54) is 0 Å². The number of H-pyrrole nitrogens is 1. The zero-order chi connectivity index (χ0) is 23.1. The molecule has 2 aromatic carbocycles. The van der Waals surface area contributed by atoms with Crippen LogP contribution in [0.25, 0.3) is 22.6 Å². The number of pyridine rings is 1. The lowest BCUT2D eigenvalue weighted by atomic mass is 10.0. The van der Waals surface area contributed by atoms with Crippen molar-refractivity contribution in [3.8, 4) is 11.5 Å². The first-order chi connectivity index (χ1) is 16.7. The molecule has 0 amide bonds. The molecule has 34 heavy (non-hydrogen) atoms. The van der Waals surface area contributed by atoms with Crippen molar-refractivity contribution < 1.29 is 23.8 Å². The Labute approximate surface area is 195 Å². The van der Waals surface area contributed by atoms with E-state index in [2.05, 4.69) is 11.1 Å². The summed E-state index contributed by atoms with van der Waals surface area (Å²) < 4.78 is 16.4. The second-order valence-electron chi connectivity index (χ2n) is 8.20. The number of carbonyl (C=O) groups excluding carboxylic acids is 2. The summed E-state index contributed by atoms with van der Waals surface area (Å²) in [6.07, 6.45) is 5.14. The average molecular weight is 452 g/mol. The van der Waals surface area contributed by atoms with Crippen molar-refractivity contribution >= 4 is 34.3 Å².